The number of allylic oxidation sites excluding steroid dienone is 1. The molecule has 30 heavy (non-hydrogen) atoms. The van der Waals surface area contributed by atoms with Crippen LogP contribution in [-0.4, -0.2) is 67.7 Å². The van der Waals surface area contributed by atoms with Crippen LogP contribution in [0, 0.1) is 4.91 Å². The highest BCUT2D eigenvalue weighted by Crippen LogP contribution is 2.51. The zero-order chi connectivity index (χ0) is 22.5. The molecule has 2 rings (SSSR count). The fraction of sp³-hybridized carbons (Fsp3) is 0.643. The molecule has 1 fully saturated rings. The molecule has 0 aromatic carbocycles. The summed E-state index contributed by atoms with van der Waals surface area (Å²) < 4.78 is 43.8. The number of nitrogens with zero attached hydrogens (tertiary/aromatic N) is 2. The van der Waals surface area contributed by atoms with Crippen molar-refractivity contribution < 1.29 is 42.0 Å². The van der Waals surface area contributed by atoms with Gasteiger partial charge >= 0.3 is 20.3 Å². The van der Waals surface area contributed by atoms with Gasteiger partial charge in [-0.15, -0.1) is 4.91 Å². The van der Waals surface area contributed by atoms with Crippen molar-refractivity contribution in [3.63, 3.8) is 0 Å². The second-order valence-corrected chi connectivity index (χ2v) is 10.8. The SMILES string of the molecule is C=C1C=CN(C2OC(OCP(=O)(N=O)OC)[C@@H](OP(O)(=S)OCC)[C@H]2OC)C(=O)N1. The largest absolute Gasteiger partial charge is 0.377 e. The number of nitroso groups, excluding NO2 is 1. The van der Waals surface area contributed by atoms with E-state index in [4.69, 9.17) is 35.1 Å². The fourth-order valence-corrected chi connectivity index (χ4v) is 4.72. The first kappa shape index (κ1) is 25.2. The maximum Gasteiger partial charge on any atom is 0.377 e. The molecule has 2 aliphatic rings. The first-order valence-electron chi connectivity index (χ1n) is 8.51. The number of carbonyl (C=O) groups is 1. The van der Waals surface area contributed by atoms with E-state index in [1.165, 1.54) is 19.4 Å². The number of urea groups is 1. The van der Waals surface area contributed by atoms with Gasteiger partial charge < -0.3 is 33.5 Å². The number of hydrogen-bond donors (Lipinski definition) is 2. The lowest BCUT2D eigenvalue weighted by atomic mass is 10.2. The molecule has 0 bridgehead atoms. The Morgan fingerprint density at radius 3 is 2.67 bits per heavy atom. The first-order chi connectivity index (χ1) is 14.1. The zero-order valence-corrected chi connectivity index (χ0v) is 19.0. The van der Waals surface area contributed by atoms with E-state index in [-0.39, 0.29) is 6.61 Å². The van der Waals surface area contributed by atoms with Crippen molar-refractivity contribution in [2.24, 2.45) is 4.95 Å². The first-order valence-corrected chi connectivity index (χ1v) is 12.9. The van der Waals surface area contributed by atoms with E-state index >= 15 is 0 Å². The third-order valence-corrected chi connectivity index (χ3v) is 6.95. The summed E-state index contributed by atoms with van der Waals surface area (Å²) in [5.74, 6) is 0. The summed E-state index contributed by atoms with van der Waals surface area (Å²) in [5, 5.41) is 2.50. The van der Waals surface area contributed by atoms with Crippen LogP contribution < -0.4 is 5.32 Å². The summed E-state index contributed by atoms with van der Waals surface area (Å²) in [7, 11) is -1.63. The normalized spacial score (nSPS) is 30.6. The third-order valence-electron chi connectivity index (χ3n) is 3.99. The molecule has 0 aromatic rings. The van der Waals surface area contributed by atoms with Crippen molar-refractivity contribution in [2.45, 2.75) is 31.6 Å². The summed E-state index contributed by atoms with van der Waals surface area (Å²) in [6.07, 6.45) is -2.52. The van der Waals surface area contributed by atoms with E-state index in [0.717, 1.165) is 12.0 Å². The molecule has 0 radical (unpaired) electrons. The Kier molecular flexibility index (Phi) is 8.83. The summed E-state index contributed by atoms with van der Waals surface area (Å²) >= 11 is 4.96. The van der Waals surface area contributed by atoms with E-state index in [2.05, 4.69) is 21.4 Å². The number of hydrogen-bond acceptors (Lipinski definition) is 10. The monoisotopic (exact) mass is 487 g/mol. The molecule has 4 unspecified atom stereocenters. The van der Waals surface area contributed by atoms with Gasteiger partial charge in [0.05, 0.1) is 6.61 Å². The summed E-state index contributed by atoms with van der Waals surface area (Å²) in [6.45, 7) is 1.56. The van der Waals surface area contributed by atoms with Gasteiger partial charge in [-0.25, -0.2) is 4.79 Å². The lowest BCUT2D eigenvalue weighted by Crippen LogP contribution is -2.50. The quantitative estimate of drug-likeness (QED) is 0.325. The van der Waals surface area contributed by atoms with E-state index in [1.807, 2.05) is 0 Å². The number of rotatable bonds is 11. The highest BCUT2D eigenvalue weighted by molar-refractivity contribution is 8.07. The maximum atomic E-state index is 12.3. The molecule has 13 nitrogen and oxygen atoms in total. The number of nitrogens with one attached hydrogen (secondary N) is 1. The van der Waals surface area contributed by atoms with E-state index in [9.17, 15) is 19.2 Å². The van der Waals surface area contributed by atoms with Gasteiger partial charge in [0.25, 0.3) is 0 Å². The molecule has 0 aromatic heterocycles. The minimum atomic E-state index is -3.98. The van der Waals surface area contributed by atoms with Crippen molar-refractivity contribution in [2.75, 3.05) is 27.2 Å². The van der Waals surface area contributed by atoms with Crippen molar-refractivity contribution >= 4 is 32.1 Å². The lowest BCUT2D eigenvalue weighted by molar-refractivity contribution is -0.167. The average Bonchev–Trinajstić information content (AvgIpc) is 3.02. The lowest BCUT2D eigenvalue weighted by Gasteiger charge is -2.31. The molecule has 1 saturated heterocycles. The van der Waals surface area contributed by atoms with Crippen molar-refractivity contribution in [1.29, 1.82) is 0 Å². The highest BCUT2D eigenvalue weighted by Gasteiger charge is 2.52. The van der Waals surface area contributed by atoms with E-state index in [0.29, 0.717) is 5.70 Å². The van der Waals surface area contributed by atoms with Gasteiger partial charge in [-0.1, -0.05) is 6.58 Å². The van der Waals surface area contributed by atoms with Gasteiger partial charge in [0, 0.05) is 31.1 Å². The van der Waals surface area contributed by atoms with Crippen LogP contribution in [0.5, 0.6) is 0 Å². The second kappa shape index (κ2) is 10.5. The smallest absolute Gasteiger partial charge is 0.374 e. The predicted octanol–water partition coefficient (Wildman–Crippen LogP) is 1.95. The van der Waals surface area contributed by atoms with Crippen LogP contribution in [0.15, 0.2) is 29.5 Å². The van der Waals surface area contributed by atoms with Crippen LogP contribution in [0.4, 0.5) is 4.79 Å². The maximum absolute atomic E-state index is 12.3. The average molecular weight is 487 g/mol. The van der Waals surface area contributed by atoms with Crippen molar-refractivity contribution in [3.8, 4) is 0 Å². The minimum Gasteiger partial charge on any atom is -0.374 e. The van der Waals surface area contributed by atoms with Gasteiger partial charge in [-0.2, -0.15) is 0 Å². The Morgan fingerprint density at radius 1 is 1.43 bits per heavy atom. The molecule has 6 atom stereocenters. The van der Waals surface area contributed by atoms with Gasteiger partial charge in [0.15, 0.2) is 12.5 Å². The highest BCUT2D eigenvalue weighted by atomic mass is 32.5. The van der Waals surface area contributed by atoms with Crippen LogP contribution in [0.1, 0.15) is 6.92 Å². The molecule has 170 valence electrons. The molecule has 0 aliphatic carbocycles. The van der Waals surface area contributed by atoms with Crippen LogP contribution in [-0.2, 0) is 44.2 Å². The molecule has 2 N–H and O–H groups in total. The van der Waals surface area contributed by atoms with E-state index in [1.54, 1.807) is 6.92 Å². The fourth-order valence-electron chi connectivity index (χ4n) is 2.63. The molecular weight excluding hydrogens is 464 g/mol. The number of carbonyl (C=O) groups excluding carboxylic acids is 1. The number of amides is 2. The summed E-state index contributed by atoms with van der Waals surface area (Å²) in [5.41, 5.74) is 0.365. The predicted molar refractivity (Wildman–Crippen MR) is 107 cm³/mol. The molecule has 2 aliphatic heterocycles. The third kappa shape index (κ3) is 6.01. The molecule has 2 heterocycles. The zero-order valence-electron chi connectivity index (χ0n) is 16.4. The van der Waals surface area contributed by atoms with Crippen LogP contribution in [0.3, 0.4) is 0 Å². The molecule has 0 spiro atoms. The second-order valence-electron chi connectivity index (χ2n) is 5.93. The number of ether oxygens (including phenoxy) is 3. The molecule has 0 saturated carbocycles. The Morgan fingerprint density at radius 2 is 2.13 bits per heavy atom. The molecule has 2 amide bonds. The Hall–Kier alpha value is -1.05. The van der Waals surface area contributed by atoms with Gasteiger partial charge in [-0.05, 0) is 24.8 Å². The van der Waals surface area contributed by atoms with Gasteiger partial charge in [0.2, 0.25) is 0 Å². The Labute approximate surface area is 178 Å². The van der Waals surface area contributed by atoms with E-state index < -0.39 is 51.3 Å². The van der Waals surface area contributed by atoms with Crippen LogP contribution in [0.2, 0.25) is 0 Å². The van der Waals surface area contributed by atoms with Gasteiger partial charge in [-0.3, -0.25) is 14.0 Å². The molecule has 16 heteroatoms. The Bertz CT molecular complexity index is 796. The van der Waals surface area contributed by atoms with Crippen molar-refractivity contribution in [3.05, 3.63) is 29.5 Å². The summed E-state index contributed by atoms with van der Waals surface area (Å²) in [4.78, 5) is 37.0. The standard InChI is InChI=1S/C14H23N3O10P2S/c1-5-25-29(21,30)27-11-10(22-3)12(17-7-6-9(2)15-14(17)18)26-13(11)24-8-28(20,16-19)23-4/h6-7,10-13H,2,5,8H2,1,3-4H3,(H,15,18)(H,21,30)/t10-,11+,12?,13?,28?,29?/m1/s1. The van der Waals surface area contributed by atoms with Crippen molar-refractivity contribution in [1.82, 2.24) is 10.2 Å². The van der Waals surface area contributed by atoms with Crippen LogP contribution in [0.25, 0.3) is 0 Å². The summed E-state index contributed by atoms with van der Waals surface area (Å²) in [6, 6.07) is -0.570. The van der Waals surface area contributed by atoms with Crippen LogP contribution >= 0.6 is 14.2 Å². The Balaban J connectivity index is 2.31. The topological polar surface area (TPSA) is 154 Å². The molecular formula is C14H23N3O10P2S. The number of methoxy groups -OCH3 is 1. The minimum absolute atomic E-state index is 0.0707. The van der Waals surface area contributed by atoms with Gasteiger partial charge in [0.1, 0.15) is 18.6 Å².